The number of carbonyl (C=O) groups excluding carboxylic acids is 2. The van der Waals surface area contributed by atoms with Gasteiger partial charge in [0.1, 0.15) is 16.7 Å². The van der Waals surface area contributed by atoms with E-state index in [9.17, 15) is 27.9 Å². The van der Waals surface area contributed by atoms with Crippen molar-refractivity contribution in [2.45, 2.75) is 56.3 Å². The number of aromatic nitrogens is 1. The summed E-state index contributed by atoms with van der Waals surface area (Å²) in [4.78, 5) is 32.7. The van der Waals surface area contributed by atoms with E-state index in [1.165, 1.54) is 26.3 Å². The molecule has 0 radical (unpaired) electrons. The number of amides is 2. The summed E-state index contributed by atoms with van der Waals surface area (Å²) in [5.74, 6) is -0.514. The molecule has 0 spiro atoms. The molecule has 1 aromatic heterocycles. The molecule has 1 saturated heterocycles. The molecule has 2 N–H and O–H groups in total. The van der Waals surface area contributed by atoms with E-state index >= 15 is 0 Å². The number of hydrogen-bond donors (Lipinski definition) is 2. The number of alkyl halides is 3. The fourth-order valence-corrected chi connectivity index (χ4v) is 5.20. The molecule has 1 unspecified atom stereocenters. The molecule has 1 aliphatic heterocycles. The number of methoxy groups -OCH3 is 1. The van der Waals surface area contributed by atoms with Crippen molar-refractivity contribution in [3.63, 3.8) is 0 Å². The van der Waals surface area contributed by atoms with Gasteiger partial charge in [0.15, 0.2) is 0 Å². The molecule has 1 aliphatic carbocycles. The van der Waals surface area contributed by atoms with Gasteiger partial charge in [0.25, 0.3) is 17.4 Å². The number of carbonyl (C=O) groups is 2. The highest BCUT2D eigenvalue weighted by Crippen LogP contribution is 2.41. The first-order valence-electron chi connectivity index (χ1n) is 13.4. The van der Waals surface area contributed by atoms with Gasteiger partial charge in [0, 0.05) is 38.3 Å². The Labute approximate surface area is 236 Å². The maximum Gasteiger partial charge on any atom is 0.430 e. The van der Waals surface area contributed by atoms with Gasteiger partial charge >= 0.3 is 6.18 Å². The van der Waals surface area contributed by atoms with Crippen LogP contribution in [0.3, 0.4) is 0 Å². The first-order valence-corrected chi connectivity index (χ1v) is 13.7. The number of piperidine rings is 1. The molecule has 1 saturated carbocycles. The Hall–Kier alpha value is -3.05. The quantitative estimate of drug-likeness (QED) is 0.400. The summed E-state index contributed by atoms with van der Waals surface area (Å²) >= 11 is 6.29. The molecule has 4 rings (SSSR count). The molecule has 2 fully saturated rings. The van der Waals surface area contributed by atoms with Crippen LogP contribution >= 0.6 is 11.6 Å². The van der Waals surface area contributed by atoms with Crippen LogP contribution in [-0.2, 0) is 10.4 Å². The predicted molar refractivity (Wildman–Crippen MR) is 144 cm³/mol. The molecule has 2 heterocycles. The first-order chi connectivity index (χ1) is 18.9. The van der Waals surface area contributed by atoms with Gasteiger partial charge in [-0.1, -0.05) is 23.7 Å². The van der Waals surface area contributed by atoms with Crippen molar-refractivity contribution >= 4 is 29.2 Å². The van der Waals surface area contributed by atoms with Crippen LogP contribution in [0.15, 0.2) is 36.4 Å². The Kier molecular flexibility index (Phi) is 9.14. The zero-order valence-electron chi connectivity index (χ0n) is 22.5. The number of pyridine rings is 1. The number of rotatable bonds is 10. The third kappa shape index (κ3) is 6.63. The van der Waals surface area contributed by atoms with Crippen LogP contribution in [0.25, 0.3) is 0 Å². The molecule has 0 bridgehead atoms. The number of hydrogen-bond acceptors (Lipinski definition) is 6. The number of likely N-dealkylation sites (N-methyl/N-ethyl adjacent to an activating group) is 1. The molecule has 12 heteroatoms. The second-order valence-corrected chi connectivity index (χ2v) is 10.9. The molecule has 218 valence electrons. The predicted octanol–water partition coefficient (Wildman–Crippen LogP) is 4.54. The van der Waals surface area contributed by atoms with Crippen LogP contribution < -0.4 is 15.0 Å². The summed E-state index contributed by atoms with van der Waals surface area (Å²) in [6.45, 7) is 1.52. The van der Waals surface area contributed by atoms with Crippen LogP contribution in [-0.4, -0.2) is 72.8 Å². The summed E-state index contributed by atoms with van der Waals surface area (Å²) in [5, 5.41) is 13.7. The fourth-order valence-electron chi connectivity index (χ4n) is 4.96. The standard InChI is InChI=1S/C28H34ClF3N4O4/c1-35(26(38)27(39,28(30,31)32)19-6-3-7-21(17-19)40-2)14-4-5-18-12-15-36(16-13-18)23-11-10-22(24(29)34-23)25(37)33-20-8-9-20/h3,6-7,10-11,17-18,20,39H,4-5,8-9,12-16H2,1-2H3,(H,33,37). The van der Waals surface area contributed by atoms with Crippen molar-refractivity contribution in [1.29, 1.82) is 0 Å². The Bertz CT molecular complexity index is 1220. The fraction of sp³-hybridized carbons (Fsp3) is 0.536. The third-order valence-corrected chi connectivity index (χ3v) is 7.88. The second kappa shape index (κ2) is 12.2. The number of nitrogens with zero attached hydrogens (tertiary/aromatic N) is 3. The summed E-state index contributed by atoms with van der Waals surface area (Å²) in [7, 11) is 2.56. The maximum atomic E-state index is 14.0. The monoisotopic (exact) mass is 582 g/mol. The van der Waals surface area contributed by atoms with E-state index in [-0.39, 0.29) is 29.4 Å². The van der Waals surface area contributed by atoms with E-state index in [1.807, 2.05) is 0 Å². The van der Waals surface area contributed by atoms with E-state index in [0.717, 1.165) is 62.2 Å². The van der Waals surface area contributed by atoms with Gasteiger partial charge < -0.3 is 25.0 Å². The Morgan fingerprint density at radius 3 is 2.48 bits per heavy atom. The van der Waals surface area contributed by atoms with Crippen molar-refractivity contribution in [2.75, 3.05) is 38.7 Å². The Balaban J connectivity index is 1.28. The summed E-state index contributed by atoms with van der Waals surface area (Å²) in [6.07, 6.45) is -0.343. The second-order valence-electron chi connectivity index (χ2n) is 10.5. The van der Waals surface area contributed by atoms with Gasteiger partial charge in [-0.3, -0.25) is 9.59 Å². The SMILES string of the molecule is COc1cccc(C(O)(C(=O)N(C)CCCC2CCN(c3ccc(C(=O)NC4CC4)c(Cl)n3)CC2)C(F)(F)F)c1. The van der Waals surface area contributed by atoms with Crippen molar-refractivity contribution in [2.24, 2.45) is 5.92 Å². The highest BCUT2D eigenvalue weighted by atomic mass is 35.5. The van der Waals surface area contributed by atoms with E-state index < -0.39 is 23.2 Å². The minimum absolute atomic E-state index is 0.0724. The first kappa shape index (κ1) is 29.9. The highest BCUT2D eigenvalue weighted by molar-refractivity contribution is 6.32. The average molecular weight is 583 g/mol. The number of aliphatic hydroxyl groups is 1. The molecule has 2 aliphatic rings. The molecular weight excluding hydrogens is 549 g/mol. The summed E-state index contributed by atoms with van der Waals surface area (Å²) in [6, 6.07) is 8.53. The van der Waals surface area contributed by atoms with Gasteiger partial charge in [0.2, 0.25) is 0 Å². The van der Waals surface area contributed by atoms with Crippen molar-refractivity contribution in [3.8, 4) is 5.75 Å². The van der Waals surface area contributed by atoms with E-state index in [0.29, 0.717) is 23.7 Å². The van der Waals surface area contributed by atoms with Crippen molar-refractivity contribution in [1.82, 2.24) is 15.2 Å². The lowest BCUT2D eigenvalue weighted by Crippen LogP contribution is -2.55. The van der Waals surface area contributed by atoms with Gasteiger partial charge in [0.05, 0.1) is 12.7 Å². The van der Waals surface area contributed by atoms with Gasteiger partial charge in [-0.25, -0.2) is 4.98 Å². The number of halogens is 4. The lowest BCUT2D eigenvalue weighted by atomic mass is 9.90. The average Bonchev–Trinajstić information content (AvgIpc) is 3.75. The molecule has 8 nitrogen and oxygen atoms in total. The van der Waals surface area contributed by atoms with Gasteiger partial charge in [-0.05, 0) is 68.7 Å². The highest BCUT2D eigenvalue weighted by Gasteiger charge is 2.61. The summed E-state index contributed by atoms with van der Waals surface area (Å²) in [5.41, 5.74) is -3.91. The van der Waals surface area contributed by atoms with Crippen LogP contribution in [0.1, 0.15) is 54.4 Å². The lowest BCUT2D eigenvalue weighted by Gasteiger charge is -2.34. The third-order valence-electron chi connectivity index (χ3n) is 7.59. The number of nitrogens with one attached hydrogen (secondary N) is 1. The van der Waals surface area contributed by atoms with E-state index in [2.05, 4.69) is 15.2 Å². The zero-order valence-corrected chi connectivity index (χ0v) is 23.3. The number of benzene rings is 1. The molecule has 40 heavy (non-hydrogen) atoms. The van der Waals surface area contributed by atoms with Crippen LogP contribution in [0.5, 0.6) is 5.75 Å². The smallest absolute Gasteiger partial charge is 0.430 e. The zero-order chi connectivity index (χ0) is 29.1. The Morgan fingerprint density at radius 2 is 1.88 bits per heavy atom. The minimum Gasteiger partial charge on any atom is -0.497 e. The van der Waals surface area contributed by atoms with Crippen molar-refractivity contribution < 1.29 is 32.6 Å². The molecule has 2 amide bonds. The van der Waals surface area contributed by atoms with Crippen molar-refractivity contribution in [3.05, 3.63) is 52.7 Å². The maximum absolute atomic E-state index is 14.0. The van der Waals surface area contributed by atoms with Gasteiger partial charge in [-0.15, -0.1) is 0 Å². The van der Waals surface area contributed by atoms with Crippen LogP contribution in [0.2, 0.25) is 5.15 Å². The number of anilines is 1. The molecule has 1 aromatic carbocycles. The van der Waals surface area contributed by atoms with Crippen LogP contribution in [0, 0.1) is 5.92 Å². The van der Waals surface area contributed by atoms with Crippen LogP contribution in [0.4, 0.5) is 19.0 Å². The van der Waals surface area contributed by atoms with E-state index in [4.69, 9.17) is 16.3 Å². The molecule has 2 aromatic rings. The largest absolute Gasteiger partial charge is 0.497 e. The minimum atomic E-state index is -5.21. The normalized spacial score (nSPS) is 17.7. The Morgan fingerprint density at radius 1 is 1.18 bits per heavy atom. The van der Waals surface area contributed by atoms with E-state index in [1.54, 1.807) is 12.1 Å². The summed E-state index contributed by atoms with van der Waals surface area (Å²) < 4.78 is 46.9. The molecule has 1 atom stereocenters. The topological polar surface area (TPSA) is 95.0 Å². The number of ether oxygens (including phenoxy) is 1. The van der Waals surface area contributed by atoms with Gasteiger partial charge in [-0.2, -0.15) is 13.2 Å². The lowest BCUT2D eigenvalue weighted by molar-refractivity contribution is -0.261. The molecular formula is C28H34ClF3N4O4.